The maximum absolute atomic E-state index is 11.2. The molecule has 1 heterocycles. The molecule has 1 aliphatic heterocycles. The minimum absolute atomic E-state index is 0.406. The molecule has 0 unspecified atom stereocenters. The summed E-state index contributed by atoms with van der Waals surface area (Å²) < 4.78 is 0. The molecule has 0 bridgehead atoms. The van der Waals surface area contributed by atoms with Crippen LogP contribution in [0, 0.1) is 0 Å². The van der Waals surface area contributed by atoms with Crippen LogP contribution in [-0.4, -0.2) is 18.9 Å². The number of hydrogen-bond donors (Lipinski definition) is 0. The SMILES string of the molecule is CCCCc1cccc(N2CCC(=O)CC2)c1. The summed E-state index contributed by atoms with van der Waals surface area (Å²) >= 11 is 0. The van der Waals surface area contributed by atoms with E-state index in [1.54, 1.807) is 0 Å². The fraction of sp³-hybridized carbons (Fsp3) is 0.533. The lowest BCUT2D eigenvalue weighted by molar-refractivity contribution is -0.119. The van der Waals surface area contributed by atoms with Crippen LogP contribution in [0.15, 0.2) is 24.3 Å². The molecule has 1 fully saturated rings. The molecule has 0 radical (unpaired) electrons. The number of anilines is 1. The van der Waals surface area contributed by atoms with Gasteiger partial charge in [0.25, 0.3) is 0 Å². The number of Topliss-reactive ketones (excluding diaryl/α,β-unsaturated/α-hetero) is 1. The summed E-state index contributed by atoms with van der Waals surface area (Å²) in [5.41, 5.74) is 2.70. The van der Waals surface area contributed by atoms with E-state index < -0.39 is 0 Å². The van der Waals surface area contributed by atoms with Gasteiger partial charge in [-0.25, -0.2) is 0 Å². The van der Waals surface area contributed by atoms with Crippen molar-refractivity contribution < 1.29 is 4.79 Å². The summed E-state index contributed by atoms with van der Waals surface area (Å²) in [5.74, 6) is 0.406. The van der Waals surface area contributed by atoms with Crippen LogP contribution in [-0.2, 0) is 11.2 Å². The predicted octanol–water partition coefficient (Wildman–Crippen LogP) is 3.20. The minimum Gasteiger partial charge on any atom is -0.371 e. The van der Waals surface area contributed by atoms with E-state index in [4.69, 9.17) is 0 Å². The molecule has 92 valence electrons. The van der Waals surface area contributed by atoms with Gasteiger partial charge in [0.1, 0.15) is 5.78 Å². The molecule has 0 atom stereocenters. The smallest absolute Gasteiger partial charge is 0.136 e. The maximum atomic E-state index is 11.2. The highest BCUT2D eigenvalue weighted by Gasteiger charge is 2.16. The van der Waals surface area contributed by atoms with Gasteiger partial charge < -0.3 is 4.90 Å². The van der Waals surface area contributed by atoms with Gasteiger partial charge in [-0.15, -0.1) is 0 Å². The minimum atomic E-state index is 0.406. The van der Waals surface area contributed by atoms with Crippen molar-refractivity contribution in [2.45, 2.75) is 39.0 Å². The standard InChI is InChI=1S/C15H21NO/c1-2-3-5-13-6-4-7-14(12-13)16-10-8-15(17)9-11-16/h4,6-7,12H,2-3,5,8-11H2,1H3. The van der Waals surface area contributed by atoms with E-state index in [-0.39, 0.29) is 0 Å². The Labute approximate surface area is 104 Å². The molecule has 0 aliphatic carbocycles. The number of hydrogen-bond acceptors (Lipinski definition) is 2. The summed E-state index contributed by atoms with van der Waals surface area (Å²) in [6, 6.07) is 8.78. The molecule has 1 aromatic carbocycles. The monoisotopic (exact) mass is 231 g/mol. The first-order valence-corrected chi connectivity index (χ1v) is 6.65. The van der Waals surface area contributed by atoms with Crippen molar-refractivity contribution in [3.05, 3.63) is 29.8 Å². The number of unbranched alkanes of at least 4 members (excludes halogenated alkanes) is 1. The highest BCUT2D eigenvalue weighted by atomic mass is 16.1. The fourth-order valence-corrected chi connectivity index (χ4v) is 2.30. The lowest BCUT2D eigenvalue weighted by atomic mass is 10.1. The van der Waals surface area contributed by atoms with Crippen LogP contribution in [0.25, 0.3) is 0 Å². The van der Waals surface area contributed by atoms with Gasteiger partial charge in [0.2, 0.25) is 0 Å². The van der Waals surface area contributed by atoms with Crippen LogP contribution in [0.3, 0.4) is 0 Å². The van der Waals surface area contributed by atoms with Crippen molar-refractivity contribution in [3.8, 4) is 0 Å². The Balaban J connectivity index is 2.02. The second-order valence-corrected chi connectivity index (χ2v) is 4.80. The average Bonchev–Trinajstić information content (AvgIpc) is 2.37. The van der Waals surface area contributed by atoms with Crippen molar-refractivity contribution in [2.75, 3.05) is 18.0 Å². The molecule has 2 nitrogen and oxygen atoms in total. The van der Waals surface area contributed by atoms with Crippen molar-refractivity contribution in [2.24, 2.45) is 0 Å². The second kappa shape index (κ2) is 5.85. The Morgan fingerprint density at radius 3 is 2.71 bits per heavy atom. The Morgan fingerprint density at radius 2 is 2.00 bits per heavy atom. The van der Waals surface area contributed by atoms with Crippen molar-refractivity contribution in [1.82, 2.24) is 0 Å². The van der Waals surface area contributed by atoms with Crippen LogP contribution in [0.1, 0.15) is 38.2 Å². The molecule has 1 aliphatic rings. The predicted molar refractivity (Wildman–Crippen MR) is 71.5 cm³/mol. The number of benzene rings is 1. The van der Waals surface area contributed by atoms with Gasteiger partial charge in [-0.05, 0) is 30.5 Å². The Kier molecular flexibility index (Phi) is 4.18. The maximum Gasteiger partial charge on any atom is 0.136 e. The lowest BCUT2D eigenvalue weighted by Crippen LogP contribution is -2.33. The summed E-state index contributed by atoms with van der Waals surface area (Å²) in [4.78, 5) is 13.6. The normalized spacial score (nSPS) is 16.3. The molecule has 2 heteroatoms. The number of piperidine rings is 1. The summed E-state index contributed by atoms with van der Waals surface area (Å²) in [6.07, 6.45) is 5.07. The van der Waals surface area contributed by atoms with Crippen molar-refractivity contribution >= 4 is 11.5 Å². The van der Waals surface area contributed by atoms with E-state index in [0.29, 0.717) is 18.6 Å². The molecule has 1 aromatic rings. The van der Waals surface area contributed by atoms with Crippen LogP contribution >= 0.6 is 0 Å². The van der Waals surface area contributed by atoms with E-state index >= 15 is 0 Å². The molecular formula is C15H21NO. The van der Waals surface area contributed by atoms with Gasteiger partial charge in [0.05, 0.1) is 0 Å². The number of rotatable bonds is 4. The van der Waals surface area contributed by atoms with Crippen molar-refractivity contribution in [1.29, 1.82) is 0 Å². The van der Waals surface area contributed by atoms with Crippen LogP contribution < -0.4 is 4.90 Å². The van der Waals surface area contributed by atoms with Gasteiger partial charge in [-0.1, -0.05) is 25.5 Å². The van der Waals surface area contributed by atoms with E-state index in [1.807, 2.05) is 0 Å². The number of ketones is 1. The number of carbonyl (C=O) groups excluding carboxylic acids is 1. The molecule has 0 amide bonds. The molecule has 1 saturated heterocycles. The summed E-state index contributed by atoms with van der Waals surface area (Å²) in [7, 11) is 0. The zero-order valence-corrected chi connectivity index (χ0v) is 10.6. The third-order valence-corrected chi connectivity index (χ3v) is 3.42. The molecular weight excluding hydrogens is 210 g/mol. The number of aryl methyl sites for hydroxylation is 1. The molecule has 0 aromatic heterocycles. The fourth-order valence-electron chi connectivity index (χ4n) is 2.30. The highest BCUT2D eigenvalue weighted by molar-refractivity contribution is 5.81. The molecule has 0 saturated carbocycles. The van der Waals surface area contributed by atoms with E-state index in [2.05, 4.69) is 36.1 Å². The zero-order valence-electron chi connectivity index (χ0n) is 10.6. The van der Waals surface area contributed by atoms with E-state index in [1.165, 1.54) is 24.1 Å². The number of carbonyl (C=O) groups is 1. The van der Waals surface area contributed by atoms with Gasteiger partial charge in [0.15, 0.2) is 0 Å². The van der Waals surface area contributed by atoms with E-state index in [0.717, 1.165) is 19.5 Å². The third-order valence-electron chi connectivity index (χ3n) is 3.42. The molecule has 17 heavy (non-hydrogen) atoms. The number of nitrogens with zero attached hydrogens (tertiary/aromatic N) is 1. The van der Waals surface area contributed by atoms with Crippen molar-refractivity contribution in [3.63, 3.8) is 0 Å². The highest BCUT2D eigenvalue weighted by Crippen LogP contribution is 2.20. The first kappa shape index (κ1) is 12.2. The zero-order chi connectivity index (χ0) is 12.1. The topological polar surface area (TPSA) is 20.3 Å². The lowest BCUT2D eigenvalue weighted by Gasteiger charge is -2.28. The summed E-state index contributed by atoms with van der Waals surface area (Å²) in [5, 5.41) is 0. The molecule has 0 spiro atoms. The molecule has 2 rings (SSSR count). The van der Waals surface area contributed by atoms with Crippen LogP contribution in [0.5, 0.6) is 0 Å². The molecule has 0 N–H and O–H groups in total. The average molecular weight is 231 g/mol. The largest absolute Gasteiger partial charge is 0.371 e. The van der Waals surface area contributed by atoms with E-state index in [9.17, 15) is 4.79 Å². The van der Waals surface area contributed by atoms with Crippen LogP contribution in [0.4, 0.5) is 5.69 Å². The first-order chi connectivity index (χ1) is 8.29. The first-order valence-electron chi connectivity index (χ1n) is 6.65. The van der Waals surface area contributed by atoms with Gasteiger partial charge >= 0.3 is 0 Å². The Morgan fingerprint density at radius 1 is 1.24 bits per heavy atom. The Bertz CT molecular complexity index is 376. The second-order valence-electron chi connectivity index (χ2n) is 4.80. The van der Waals surface area contributed by atoms with Gasteiger partial charge in [0, 0.05) is 31.6 Å². The third kappa shape index (κ3) is 3.32. The Hall–Kier alpha value is -1.31. The summed E-state index contributed by atoms with van der Waals surface area (Å²) in [6.45, 7) is 3.99. The quantitative estimate of drug-likeness (QED) is 0.793. The van der Waals surface area contributed by atoms with Crippen LogP contribution in [0.2, 0.25) is 0 Å². The van der Waals surface area contributed by atoms with Gasteiger partial charge in [-0.3, -0.25) is 4.79 Å². The van der Waals surface area contributed by atoms with Gasteiger partial charge in [-0.2, -0.15) is 0 Å².